The molecule has 4 heteroatoms. The Labute approximate surface area is 138 Å². The quantitative estimate of drug-likeness (QED) is 0.877. The van der Waals surface area contributed by atoms with Gasteiger partial charge in [-0.15, -0.1) is 0 Å². The van der Waals surface area contributed by atoms with E-state index in [4.69, 9.17) is 0 Å². The van der Waals surface area contributed by atoms with E-state index in [1.165, 1.54) is 12.0 Å². The van der Waals surface area contributed by atoms with E-state index in [1.807, 2.05) is 17.0 Å². The fourth-order valence-electron chi connectivity index (χ4n) is 3.71. The summed E-state index contributed by atoms with van der Waals surface area (Å²) in [6.07, 6.45) is 6.94. The van der Waals surface area contributed by atoms with Crippen molar-refractivity contribution in [2.24, 2.45) is 0 Å². The molecule has 2 aliphatic rings. The number of amides is 1. The first-order valence-electron chi connectivity index (χ1n) is 8.94. The van der Waals surface area contributed by atoms with Crippen molar-refractivity contribution in [2.45, 2.75) is 63.5 Å². The Hall–Kier alpha value is -1.39. The Morgan fingerprint density at radius 2 is 1.87 bits per heavy atom. The van der Waals surface area contributed by atoms with Crippen LogP contribution in [0.15, 0.2) is 24.3 Å². The highest BCUT2D eigenvalue weighted by molar-refractivity contribution is 5.95. The second kappa shape index (κ2) is 7.02. The summed E-state index contributed by atoms with van der Waals surface area (Å²) in [6.45, 7) is 3.61. The number of carbonyl (C=O) groups is 1. The van der Waals surface area contributed by atoms with Gasteiger partial charge in [0.05, 0.1) is 5.60 Å². The summed E-state index contributed by atoms with van der Waals surface area (Å²) in [6, 6.07) is 8.44. The molecular weight excluding hydrogens is 288 g/mol. The fourth-order valence-corrected chi connectivity index (χ4v) is 3.71. The summed E-state index contributed by atoms with van der Waals surface area (Å²) < 4.78 is 0. The second-order valence-electron chi connectivity index (χ2n) is 7.13. The minimum absolute atomic E-state index is 0.198. The summed E-state index contributed by atoms with van der Waals surface area (Å²) in [5, 5.41) is 14.1. The number of aliphatic hydroxyl groups is 1. The number of anilines is 1. The van der Waals surface area contributed by atoms with Gasteiger partial charge < -0.3 is 15.3 Å². The third kappa shape index (κ3) is 3.93. The molecule has 1 saturated heterocycles. The van der Waals surface area contributed by atoms with Crippen molar-refractivity contribution >= 4 is 11.6 Å². The van der Waals surface area contributed by atoms with Crippen LogP contribution in [0.1, 0.15) is 63.5 Å². The van der Waals surface area contributed by atoms with Gasteiger partial charge in [0.25, 0.3) is 0 Å². The van der Waals surface area contributed by atoms with Gasteiger partial charge in [-0.1, -0.05) is 31.4 Å². The Bertz CT molecular complexity index is 535. The number of nitrogens with one attached hydrogen (secondary N) is 1. The van der Waals surface area contributed by atoms with Crippen LogP contribution in [0.2, 0.25) is 0 Å². The summed E-state index contributed by atoms with van der Waals surface area (Å²) in [5.41, 5.74) is 1.66. The first-order chi connectivity index (χ1) is 11.1. The zero-order chi connectivity index (χ0) is 16.3. The summed E-state index contributed by atoms with van der Waals surface area (Å²) in [7, 11) is 0. The first kappa shape index (κ1) is 16.5. The van der Waals surface area contributed by atoms with Crippen LogP contribution >= 0.6 is 0 Å². The fraction of sp³-hybridized carbons (Fsp3) is 0.632. The van der Waals surface area contributed by atoms with Crippen LogP contribution in [0.5, 0.6) is 0 Å². The average molecular weight is 316 g/mol. The van der Waals surface area contributed by atoms with E-state index in [1.54, 1.807) is 0 Å². The molecule has 23 heavy (non-hydrogen) atoms. The van der Waals surface area contributed by atoms with Gasteiger partial charge in [-0.05, 0) is 43.9 Å². The molecular formula is C19H28N2O2. The molecule has 1 saturated carbocycles. The van der Waals surface area contributed by atoms with Crippen LogP contribution in [0.25, 0.3) is 0 Å². The lowest BCUT2D eigenvalue weighted by Crippen LogP contribution is -2.42. The molecule has 1 amide bonds. The zero-order valence-electron chi connectivity index (χ0n) is 14.1. The van der Waals surface area contributed by atoms with E-state index in [9.17, 15) is 9.90 Å². The molecule has 0 spiro atoms. The van der Waals surface area contributed by atoms with E-state index in [0.29, 0.717) is 13.0 Å². The number of rotatable bonds is 5. The molecule has 1 atom stereocenters. The Balaban J connectivity index is 1.57. The third-order valence-corrected chi connectivity index (χ3v) is 5.30. The molecule has 2 N–H and O–H groups in total. The lowest BCUT2D eigenvalue weighted by Gasteiger charge is -2.33. The van der Waals surface area contributed by atoms with E-state index >= 15 is 0 Å². The highest BCUT2D eigenvalue weighted by atomic mass is 16.3. The maximum atomic E-state index is 11.8. The van der Waals surface area contributed by atoms with Crippen LogP contribution in [0, 0.1) is 0 Å². The summed E-state index contributed by atoms with van der Waals surface area (Å²) >= 11 is 0. The van der Waals surface area contributed by atoms with Gasteiger partial charge in [-0.3, -0.25) is 4.79 Å². The van der Waals surface area contributed by atoms with Crippen LogP contribution in [-0.4, -0.2) is 29.7 Å². The molecule has 1 aromatic rings. The van der Waals surface area contributed by atoms with Crippen molar-refractivity contribution in [2.75, 3.05) is 18.0 Å². The maximum Gasteiger partial charge on any atom is 0.227 e. The lowest BCUT2D eigenvalue weighted by atomic mass is 9.84. The van der Waals surface area contributed by atoms with Gasteiger partial charge in [-0.2, -0.15) is 0 Å². The van der Waals surface area contributed by atoms with Gasteiger partial charge in [-0.25, -0.2) is 0 Å². The van der Waals surface area contributed by atoms with Crippen molar-refractivity contribution in [3.05, 3.63) is 29.8 Å². The molecule has 1 aromatic carbocycles. The highest BCUT2D eigenvalue weighted by Crippen LogP contribution is 2.28. The lowest BCUT2D eigenvalue weighted by molar-refractivity contribution is -0.117. The van der Waals surface area contributed by atoms with Crippen LogP contribution in [0.4, 0.5) is 5.69 Å². The van der Waals surface area contributed by atoms with Crippen molar-refractivity contribution in [3.8, 4) is 0 Å². The van der Waals surface area contributed by atoms with E-state index in [2.05, 4.69) is 24.4 Å². The molecule has 1 unspecified atom stereocenters. The van der Waals surface area contributed by atoms with Crippen molar-refractivity contribution in [1.82, 2.24) is 5.32 Å². The smallest absolute Gasteiger partial charge is 0.227 e. The van der Waals surface area contributed by atoms with Crippen LogP contribution in [-0.2, 0) is 4.79 Å². The number of nitrogens with zero attached hydrogens (tertiary/aromatic N) is 1. The summed E-state index contributed by atoms with van der Waals surface area (Å²) in [5.74, 6) is 0.225. The van der Waals surface area contributed by atoms with Gasteiger partial charge in [0, 0.05) is 31.2 Å². The number of carbonyl (C=O) groups excluding carboxylic acids is 1. The van der Waals surface area contributed by atoms with E-state index < -0.39 is 5.60 Å². The normalized spacial score (nSPS) is 22.3. The van der Waals surface area contributed by atoms with Crippen molar-refractivity contribution < 1.29 is 9.90 Å². The molecule has 126 valence electrons. The number of hydrogen-bond acceptors (Lipinski definition) is 3. The minimum Gasteiger partial charge on any atom is -0.389 e. The van der Waals surface area contributed by atoms with Gasteiger partial charge >= 0.3 is 0 Å². The molecule has 2 fully saturated rings. The van der Waals surface area contributed by atoms with Crippen LogP contribution < -0.4 is 10.2 Å². The summed E-state index contributed by atoms with van der Waals surface area (Å²) in [4.78, 5) is 13.7. The highest BCUT2D eigenvalue weighted by Gasteiger charge is 2.29. The van der Waals surface area contributed by atoms with Crippen molar-refractivity contribution in [3.63, 3.8) is 0 Å². The van der Waals surface area contributed by atoms with E-state index in [-0.39, 0.29) is 11.9 Å². The SMILES string of the molecule is CC(NCC1(O)CCCCC1)c1ccc(N2CCCC2=O)cc1. The predicted octanol–water partition coefficient (Wildman–Crippen LogP) is 3.16. The number of benzene rings is 1. The largest absolute Gasteiger partial charge is 0.389 e. The Morgan fingerprint density at radius 3 is 2.48 bits per heavy atom. The molecule has 0 bridgehead atoms. The van der Waals surface area contributed by atoms with Gasteiger partial charge in [0.2, 0.25) is 5.91 Å². The van der Waals surface area contributed by atoms with Gasteiger partial charge in [0.15, 0.2) is 0 Å². The molecule has 1 heterocycles. The van der Waals surface area contributed by atoms with Gasteiger partial charge in [0.1, 0.15) is 0 Å². The number of hydrogen-bond donors (Lipinski definition) is 2. The first-order valence-corrected chi connectivity index (χ1v) is 8.94. The molecule has 4 nitrogen and oxygen atoms in total. The Kier molecular flexibility index (Phi) is 5.02. The molecule has 1 aliphatic carbocycles. The molecule has 3 rings (SSSR count). The van der Waals surface area contributed by atoms with Crippen molar-refractivity contribution in [1.29, 1.82) is 0 Å². The molecule has 1 aliphatic heterocycles. The minimum atomic E-state index is -0.533. The zero-order valence-corrected chi connectivity index (χ0v) is 14.1. The topological polar surface area (TPSA) is 52.6 Å². The standard InChI is InChI=1S/C19H28N2O2/c1-15(20-14-19(23)11-3-2-4-12-19)16-7-9-17(10-8-16)21-13-5-6-18(21)22/h7-10,15,20,23H,2-6,11-14H2,1H3. The third-order valence-electron chi connectivity index (χ3n) is 5.30. The second-order valence-corrected chi connectivity index (χ2v) is 7.13. The van der Waals surface area contributed by atoms with Crippen LogP contribution in [0.3, 0.4) is 0 Å². The predicted molar refractivity (Wildman–Crippen MR) is 92.5 cm³/mol. The molecule has 0 radical (unpaired) electrons. The maximum absolute atomic E-state index is 11.8. The molecule has 0 aromatic heterocycles. The monoisotopic (exact) mass is 316 g/mol. The average Bonchev–Trinajstić information content (AvgIpc) is 3.00. The Morgan fingerprint density at radius 1 is 1.17 bits per heavy atom. The van der Waals surface area contributed by atoms with E-state index in [0.717, 1.165) is 44.3 Å².